The van der Waals surface area contributed by atoms with Crippen molar-refractivity contribution in [1.29, 1.82) is 0 Å². The predicted molar refractivity (Wildman–Crippen MR) is 138 cm³/mol. The van der Waals surface area contributed by atoms with Crippen LogP contribution in [-0.4, -0.2) is 56.8 Å². The Morgan fingerprint density at radius 1 is 1.12 bits per heavy atom. The van der Waals surface area contributed by atoms with Crippen molar-refractivity contribution in [3.63, 3.8) is 0 Å². The summed E-state index contributed by atoms with van der Waals surface area (Å²) in [7, 11) is 0. The quantitative estimate of drug-likeness (QED) is 0.345. The molecule has 0 amide bonds. The minimum absolute atomic E-state index is 0.291. The Bertz CT molecular complexity index is 1090. The molecule has 0 radical (unpaired) electrons. The predicted octanol–water partition coefficient (Wildman–Crippen LogP) is 4.81. The number of nitrogens with zero attached hydrogens (tertiary/aromatic N) is 5. The van der Waals surface area contributed by atoms with Gasteiger partial charge in [0.15, 0.2) is 10.3 Å². The summed E-state index contributed by atoms with van der Waals surface area (Å²) in [5, 5.41) is 7.88. The van der Waals surface area contributed by atoms with Gasteiger partial charge in [-0.15, -0.1) is 11.3 Å². The number of ketones is 1. The van der Waals surface area contributed by atoms with Crippen molar-refractivity contribution in [3.05, 3.63) is 40.9 Å². The van der Waals surface area contributed by atoms with Crippen LogP contribution in [-0.2, 0) is 11.2 Å². The van der Waals surface area contributed by atoms with Gasteiger partial charge in [0.1, 0.15) is 5.78 Å². The number of hydrogen-bond donors (Lipinski definition) is 2. The summed E-state index contributed by atoms with van der Waals surface area (Å²) in [4.78, 5) is 34.7. The maximum absolute atomic E-state index is 12.1. The van der Waals surface area contributed by atoms with Gasteiger partial charge in [-0.2, -0.15) is 15.0 Å². The zero-order valence-corrected chi connectivity index (χ0v) is 21.5. The number of aryl methyl sites for hydroxylation is 1. The number of Topliss-reactive ketones (excluding diaryl/α,β-unsaturated/α-hetero) is 1. The summed E-state index contributed by atoms with van der Waals surface area (Å²) >= 11 is 3.03. The van der Waals surface area contributed by atoms with E-state index in [9.17, 15) is 4.79 Å². The molecule has 2 N–H and O–H groups in total. The number of benzene rings is 1. The number of nitrogens with one attached hydrogen (secondary N) is 2. The highest BCUT2D eigenvalue weighted by Crippen LogP contribution is 2.32. The third-order valence-electron chi connectivity index (χ3n) is 5.60. The van der Waals surface area contributed by atoms with Gasteiger partial charge in [-0.3, -0.25) is 10.1 Å². The SMILES string of the molecule is CCN(CC)CCNc1nc(Nc2ncc(C)s2)nc(Sc2ccc(CC(=O)C3CC3)cc2)n1. The lowest BCUT2D eigenvalue weighted by molar-refractivity contribution is -0.119. The van der Waals surface area contributed by atoms with Gasteiger partial charge in [-0.05, 0) is 62.3 Å². The summed E-state index contributed by atoms with van der Waals surface area (Å²) < 4.78 is 0. The van der Waals surface area contributed by atoms with Crippen LogP contribution >= 0.6 is 23.1 Å². The molecule has 10 heteroatoms. The molecule has 1 saturated carbocycles. The van der Waals surface area contributed by atoms with E-state index in [1.165, 1.54) is 11.8 Å². The molecule has 2 aromatic heterocycles. The van der Waals surface area contributed by atoms with Gasteiger partial charge in [0.25, 0.3) is 0 Å². The Balaban J connectivity index is 1.46. The first-order valence-electron chi connectivity index (χ1n) is 11.7. The standard InChI is InChI=1S/C24H31N7OS2/c1-4-31(5-2)13-12-25-21-27-22(29-23-26-15-16(3)33-23)30-24(28-21)34-19-10-6-17(7-11-19)14-20(32)18-8-9-18/h6-7,10-11,15,18H,4-5,8-9,12-14H2,1-3H3,(H2,25,26,27,28,29,30). The van der Waals surface area contributed by atoms with Crippen molar-refractivity contribution >= 4 is 45.9 Å². The van der Waals surface area contributed by atoms with Gasteiger partial charge < -0.3 is 10.2 Å². The van der Waals surface area contributed by atoms with Gasteiger partial charge in [-0.1, -0.05) is 26.0 Å². The number of rotatable bonds is 13. The van der Waals surface area contributed by atoms with E-state index in [-0.39, 0.29) is 0 Å². The minimum Gasteiger partial charge on any atom is -0.353 e. The lowest BCUT2D eigenvalue weighted by Crippen LogP contribution is -2.29. The lowest BCUT2D eigenvalue weighted by Gasteiger charge is -2.18. The number of hydrogen-bond acceptors (Lipinski definition) is 10. The van der Waals surface area contributed by atoms with Gasteiger partial charge >= 0.3 is 0 Å². The maximum atomic E-state index is 12.1. The smallest absolute Gasteiger partial charge is 0.234 e. The fraction of sp³-hybridized carbons (Fsp3) is 0.458. The van der Waals surface area contributed by atoms with Crippen LogP contribution in [0.25, 0.3) is 0 Å². The monoisotopic (exact) mass is 497 g/mol. The van der Waals surface area contributed by atoms with Gasteiger partial charge in [-0.25, -0.2) is 4.98 Å². The fourth-order valence-corrected chi connectivity index (χ4v) is 4.85. The molecule has 0 spiro atoms. The van der Waals surface area contributed by atoms with Crippen molar-refractivity contribution in [3.8, 4) is 0 Å². The van der Waals surface area contributed by atoms with Crippen LogP contribution in [0, 0.1) is 12.8 Å². The van der Waals surface area contributed by atoms with Crippen molar-refractivity contribution in [1.82, 2.24) is 24.8 Å². The van der Waals surface area contributed by atoms with Crippen LogP contribution in [0.4, 0.5) is 17.0 Å². The van der Waals surface area contributed by atoms with Gasteiger partial charge in [0.2, 0.25) is 11.9 Å². The van der Waals surface area contributed by atoms with E-state index in [0.29, 0.717) is 35.2 Å². The van der Waals surface area contributed by atoms with Crippen LogP contribution in [0.1, 0.15) is 37.1 Å². The van der Waals surface area contributed by atoms with E-state index in [1.807, 2.05) is 37.4 Å². The summed E-state index contributed by atoms with van der Waals surface area (Å²) in [5.74, 6) is 1.64. The highest BCUT2D eigenvalue weighted by Gasteiger charge is 2.29. The van der Waals surface area contributed by atoms with Crippen molar-refractivity contribution < 1.29 is 4.79 Å². The number of carbonyl (C=O) groups is 1. The van der Waals surface area contributed by atoms with Crippen molar-refractivity contribution in [2.75, 3.05) is 36.8 Å². The molecule has 2 heterocycles. The molecule has 1 aliphatic carbocycles. The molecule has 0 aliphatic heterocycles. The highest BCUT2D eigenvalue weighted by atomic mass is 32.2. The molecule has 3 aromatic rings. The first kappa shape index (κ1) is 24.6. The molecule has 0 unspecified atom stereocenters. The van der Waals surface area contributed by atoms with Crippen molar-refractivity contribution in [2.24, 2.45) is 5.92 Å². The van der Waals surface area contributed by atoms with Crippen LogP contribution in [0.2, 0.25) is 0 Å². The van der Waals surface area contributed by atoms with E-state index in [2.05, 4.69) is 49.3 Å². The Morgan fingerprint density at radius 3 is 2.50 bits per heavy atom. The number of thiazole rings is 1. The zero-order chi connectivity index (χ0) is 23.9. The van der Waals surface area contributed by atoms with E-state index in [0.717, 1.165) is 59.5 Å². The Labute approximate surface area is 209 Å². The van der Waals surface area contributed by atoms with E-state index in [1.54, 1.807) is 11.3 Å². The third kappa shape index (κ3) is 7.22. The molecule has 8 nitrogen and oxygen atoms in total. The second kappa shape index (κ2) is 11.7. The summed E-state index contributed by atoms with van der Waals surface area (Å²) in [6.45, 7) is 10.0. The number of likely N-dealkylation sites (N-methyl/N-ethyl adjacent to an activating group) is 1. The Hall–Kier alpha value is -2.56. The van der Waals surface area contributed by atoms with Crippen LogP contribution in [0.5, 0.6) is 0 Å². The molecule has 4 rings (SSSR count). The zero-order valence-electron chi connectivity index (χ0n) is 19.9. The topological polar surface area (TPSA) is 95.9 Å². The third-order valence-corrected chi connectivity index (χ3v) is 7.31. The molecule has 1 aliphatic rings. The van der Waals surface area contributed by atoms with E-state index < -0.39 is 0 Å². The Kier molecular flexibility index (Phi) is 8.47. The molecular formula is C24H31N7OS2. The van der Waals surface area contributed by atoms with Gasteiger partial charge in [0.05, 0.1) is 0 Å². The molecule has 180 valence electrons. The van der Waals surface area contributed by atoms with Gasteiger partial charge in [0, 0.05) is 41.4 Å². The largest absolute Gasteiger partial charge is 0.353 e. The normalized spacial score (nSPS) is 13.3. The Morgan fingerprint density at radius 2 is 1.85 bits per heavy atom. The maximum Gasteiger partial charge on any atom is 0.234 e. The average Bonchev–Trinajstić information content (AvgIpc) is 3.60. The fourth-order valence-electron chi connectivity index (χ4n) is 3.44. The summed E-state index contributed by atoms with van der Waals surface area (Å²) in [6, 6.07) is 8.08. The number of aromatic nitrogens is 4. The molecule has 34 heavy (non-hydrogen) atoms. The van der Waals surface area contributed by atoms with Crippen LogP contribution in [0.3, 0.4) is 0 Å². The summed E-state index contributed by atoms with van der Waals surface area (Å²) in [5.41, 5.74) is 1.05. The number of anilines is 3. The molecule has 0 bridgehead atoms. The van der Waals surface area contributed by atoms with Crippen LogP contribution < -0.4 is 10.6 Å². The molecule has 0 atom stereocenters. The molecule has 0 saturated heterocycles. The highest BCUT2D eigenvalue weighted by molar-refractivity contribution is 7.99. The minimum atomic E-state index is 0.291. The van der Waals surface area contributed by atoms with E-state index in [4.69, 9.17) is 0 Å². The first-order chi connectivity index (χ1) is 16.5. The molecular weight excluding hydrogens is 466 g/mol. The average molecular weight is 498 g/mol. The molecule has 1 aromatic carbocycles. The second-order valence-electron chi connectivity index (χ2n) is 8.28. The van der Waals surface area contributed by atoms with E-state index >= 15 is 0 Å². The lowest BCUT2D eigenvalue weighted by atomic mass is 10.1. The van der Waals surface area contributed by atoms with Crippen molar-refractivity contribution in [2.45, 2.75) is 50.1 Å². The second-order valence-corrected chi connectivity index (χ2v) is 10.6. The van der Waals surface area contributed by atoms with Crippen LogP contribution in [0.15, 0.2) is 40.5 Å². The first-order valence-corrected chi connectivity index (χ1v) is 13.4. The molecule has 1 fully saturated rings. The number of carbonyl (C=O) groups excluding carboxylic acids is 1. The summed E-state index contributed by atoms with van der Waals surface area (Å²) in [6.07, 6.45) is 4.44.